The Bertz CT molecular complexity index is 760. The Morgan fingerprint density at radius 1 is 0.955 bits per heavy atom. The summed E-state index contributed by atoms with van der Waals surface area (Å²) in [7, 11) is 0. The summed E-state index contributed by atoms with van der Waals surface area (Å²) in [6.07, 6.45) is 2.45. The van der Waals surface area contributed by atoms with E-state index in [1.165, 1.54) is 11.1 Å². The Labute approximate surface area is 135 Å². The number of aromatic nitrogens is 3. The van der Waals surface area contributed by atoms with Gasteiger partial charge in [0.05, 0.1) is 0 Å². The fraction of sp³-hybridized carbons (Fsp3) is 0.167. The number of halogens is 1. The number of aryl methyl sites for hydroxylation is 2. The Kier molecular flexibility index (Phi) is 4.16. The first-order valence-electron chi connectivity index (χ1n) is 7.13. The van der Waals surface area contributed by atoms with Crippen molar-refractivity contribution in [3.63, 3.8) is 0 Å². The summed E-state index contributed by atoms with van der Waals surface area (Å²) in [6, 6.07) is 14.1. The summed E-state index contributed by atoms with van der Waals surface area (Å²) in [4.78, 5) is 13.2. The van der Waals surface area contributed by atoms with Gasteiger partial charge in [-0.25, -0.2) is 9.97 Å². The fourth-order valence-corrected chi connectivity index (χ4v) is 2.57. The molecule has 110 valence electrons. The molecule has 0 saturated heterocycles. The topological polar surface area (TPSA) is 38.7 Å². The van der Waals surface area contributed by atoms with Gasteiger partial charge in [0.15, 0.2) is 5.82 Å². The number of benzene rings is 1. The van der Waals surface area contributed by atoms with Crippen LogP contribution in [0.5, 0.6) is 0 Å². The number of pyridine rings is 1. The van der Waals surface area contributed by atoms with Crippen LogP contribution in [-0.2, 0) is 6.42 Å². The van der Waals surface area contributed by atoms with E-state index in [9.17, 15) is 0 Å². The van der Waals surface area contributed by atoms with Gasteiger partial charge in [-0.3, -0.25) is 4.98 Å². The van der Waals surface area contributed by atoms with Crippen LogP contribution in [0.3, 0.4) is 0 Å². The molecule has 0 fully saturated rings. The van der Waals surface area contributed by atoms with Crippen molar-refractivity contribution in [3.8, 4) is 11.5 Å². The van der Waals surface area contributed by atoms with Crippen molar-refractivity contribution in [1.29, 1.82) is 0 Å². The van der Waals surface area contributed by atoms with E-state index in [4.69, 9.17) is 11.6 Å². The minimum Gasteiger partial charge on any atom is -0.253 e. The molecule has 2 aromatic heterocycles. The molecular formula is C18H16ClN3. The van der Waals surface area contributed by atoms with Crippen molar-refractivity contribution >= 4 is 11.6 Å². The monoisotopic (exact) mass is 309 g/mol. The van der Waals surface area contributed by atoms with Crippen molar-refractivity contribution in [3.05, 3.63) is 76.2 Å². The molecule has 0 saturated carbocycles. The van der Waals surface area contributed by atoms with Crippen molar-refractivity contribution in [1.82, 2.24) is 15.0 Å². The molecule has 0 aliphatic heterocycles. The number of rotatable bonds is 3. The lowest BCUT2D eigenvalue weighted by atomic mass is 10.0. The molecule has 0 aliphatic rings. The summed E-state index contributed by atoms with van der Waals surface area (Å²) in [5.41, 5.74) is 5.03. The zero-order chi connectivity index (χ0) is 15.5. The van der Waals surface area contributed by atoms with Gasteiger partial charge in [-0.1, -0.05) is 47.5 Å². The fourth-order valence-electron chi connectivity index (χ4n) is 2.28. The lowest BCUT2D eigenvalue weighted by molar-refractivity contribution is 1.01. The predicted octanol–water partition coefficient (Wildman–Crippen LogP) is 4.40. The SMILES string of the molecule is Cc1ccc(Cc2c(C)nc(-c3ccccn3)nc2Cl)cc1. The Hall–Kier alpha value is -2.26. The Morgan fingerprint density at radius 2 is 1.73 bits per heavy atom. The molecule has 2 heterocycles. The second-order valence-corrected chi connectivity index (χ2v) is 5.64. The summed E-state index contributed by atoms with van der Waals surface area (Å²) >= 11 is 6.39. The third-order valence-electron chi connectivity index (χ3n) is 3.56. The highest BCUT2D eigenvalue weighted by atomic mass is 35.5. The number of hydrogen-bond donors (Lipinski definition) is 0. The van der Waals surface area contributed by atoms with E-state index < -0.39 is 0 Å². The highest BCUT2D eigenvalue weighted by Gasteiger charge is 2.12. The van der Waals surface area contributed by atoms with Gasteiger partial charge < -0.3 is 0 Å². The average Bonchev–Trinajstić information content (AvgIpc) is 2.53. The van der Waals surface area contributed by atoms with E-state index in [0.29, 0.717) is 11.0 Å². The van der Waals surface area contributed by atoms with Crippen molar-refractivity contribution in [2.75, 3.05) is 0 Å². The van der Waals surface area contributed by atoms with E-state index in [2.05, 4.69) is 46.1 Å². The van der Waals surface area contributed by atoms with Gasteiger partial charge in [-0.15, -0.1) is 0 Å². The third-order valence-corrected chi connectivity index (χ3v) is 3.87. The Balaban J connectivity index is 1.95. The van der Waals surface area contributed by atoms with E-state index in [-0.39, 0.29) is 0 Å². The van der Waals surface area contributed by atoms with Gasteiger partial charge in [-0.2, -0.15) is 0 Å². The molecule has 0 radical (unpaired) electrons. The molecule has 0 unspecified atom stereocenters. The standard InChI is InChI=1S/C18H16ClN3/c1-12-6-8-14(9-7-12)11-15-13(2)21-18(22-17(15)19)16-5-3-4-10-20-16/h3-10H,11H2,1-2H3. The van der Waals surface area contributed by atoms with E-state index in [1.807, 2.05) is 25.1 Å². The zero-order valence-electron chi connectivity index (χ0n) is 12.5. The molecule has 3 aromatic rings. The largest absolute Gasteiger partial charge is 0.253 e. The zero-order valence-corrected chi connectivity index (χ0v) is 13.3. The molecule has 0 amide bonds. The van der Waals surface area contributed by atoms with Crippen LogP contribution in [0.1, 0.15) is 22.4 Å². The van der Waals surface area contributed by atoms with Gasteiger partial charge >= 0.3 is 0 Å². The van der Waals surface area contributed by atoms with Crippen LogP contribution in [0.4, 0.5) is 0 Å². The maximum Gasteiger partial charge on any atom is 0.179 e. The molecule has 0 atom stereocenters. The number of hydrogen-bond acceptors (Lipinski definition) is 3. The van der Waals surface area contributed by atoms with Gasteiger partial charge in [0.25, 0.3) is 0 Å². The first kappa shape index (κ1) is 14.7. The quantitative estimate of drug-likeness (QED) is 0.673. The lowest BCUT2D eigenvalue weighted by Gasteiger charge is -2.10. The maximum absolute atomic E-state index is 6.39. The van der Waals surface area contributed by atoms with Crippen LogP contribution in [0.25, 0.3) is 11.5 Å². The maximum atomic E-state index is 6.39. The summed E-state index contributed by atoms with van der Waals surface area (Å²) in [6.45, 7) is 4.04. The minimum absolute atomic E-state index is 0.494. The molecule has 0 N–H and O–H groups in total. The van der Waals surface area contributed by atoms with Crippen LogP contribution < -0.4 is 0 Å². The normalized spacial score (nSPS) is 10.7. The molecule has 4 heteroatoms. The smallest absolute Gasteiger partial charge is 0.179 e. The minimum atomic E-state index is 0.494. The predicted molar refractivity (Wildman–Crippen MR) is 89.0 cm³/mol. The summed E-state index contributed by atoms with van der Waals surface area (Å²) in [5, 5.41) is 0.494. The van der Waals surface area contributed by atoms with Gasteiger partial charge in [-0.05, 0) is 31.5 Å². The molecular weight excluding hydrogens is 294 g/mol. The Morgan fingerprint density at radius 3 is 2.36 bits per heavy atom. The second kappa shape index (κ2) is 6.24. The average molecular weight is 310 g/mol. The molecule has 3 nitrogen and oxygen atoms in total. The molecule has 0 aliphatic carbocycles. The number of nitrogens with zero attached hydrogens (tertiary/aromatic N) is 3. The van der Waals surface area contributed by atoms with E-state index >= 15 is 0 Å². The van der Waals surface area contributed by atoms with Crippen LogP contribution in [0.2, 0.25) is 5.15 Å². The van der Waals surface area contributed by atoms with E-state index in [1.54, 1.807) is 6.20 Å². The highest BCUT2D eigenvalue weighted by Crippen LogP contribution is 2.23. The molecule has 3 rings (SSSR count). The molecule has 1 aromatic carbocycles. The van der Waals surface area contributed by atoms with E-state index in [0.717, 1.165) is 23.4 Å². The van der Waals surface area contributed by atoms with Crippen LogP contribution in [0.15, 0.2) is 48.7 Å². The van der Waals surface area contributed by atoms with Gasteiger partial charge in [0.1, 0.15) is 10.8 Å². The third kappa shape index (κ3) is 3.15. The van der Waals surface area contributed by atoms with Gasteiger partial charge in [0.2, 0.25) is 0 Å². The summed E-state index contributed by atoms with van der Waals surface area (Å²) < 4.78 is 0. The first-order chi connectivity index (χ1) is 10.6. The van der Waals surface area contributed by atoms with Crippen LogP contribution in [-0.4, -0.2) is 15.0 Å². The lowest BCUT2D eigenvalue weighted by Crippen LogP contribution is -2.02. The van der Waals surface area contributed by atoms with Crippen molar-refractivity contribution < 1.29 is 0 Å². The van der Waals surface area contributed by atoms with Crippen molar-refractivity contribution in [2.24, 2.45) is 0 Å². The molecule has 0 bridgehead atoms. The molecule has 0 spiro atoms. The van der Waals surface area contributed by atoms with Crippen LogP contribution in [0, 0.1) is 13.8 Å². The summed E-state index contributed by atoms with van der Waals surface area (Å²) in [5.74, 6) is 0.566. The molecule has 22 heavy (non-hydrogen) atoms. The van der Waals surface area contributed by atoms with Gasteiger partial charge in [0, 0.05) is 23.9 Å². The van der Waals surface area contributed by atoms with Crippen molar-refractivity contribution in [2.45, 2.75) is 20.3 Å². The first-order valence-corrected chi connectivity index (χ1v) is 7.51. The second-order valence-electron chi connectivity index (χ2n) is 5.28. The highest BCUT2D eigenvalue weighted by molar-refractivity contribution is 6.30. The van der Waals surface area contributed by atoms with Crippen LogP contribution >= 0.6 is 11.6 Å².